The molecule has 0 spiro atoms. The normalized spacial score (nSPS) is 10.9. The highest BCUT2D eigenvalue weighted by atomic mass is 16.5. The van der Waals surface area contributed by atoms with Gasteiger partial charge in [-0.25, -0.2) is 4.79 Å². The van der Waals surface area contributed by atoms with Crippen molar-refractivity contribution in [2.75, 3.05) is 6.61 Å². The van der Waals surface area contributed by atoms with Gasteiger partial charge in [0.05, 0.1) is 12.2 Å². The van der Waals surface area contributed by atoms with Crippen LogP contribution in [0.2, 0.25) is 0 Å². The number of esters is 1. The smallest absolute Gasteiger partial charge is 0.340 e. The van der Waals surface area contributed by atoms with Crippen LogP contribution in [0.5, 0.6) is 0 Å². The molecule has 4 aromatic rings. The Kier molecular flexibility index (Phi) is 5.85. The lowest BCUT2D eigenvalue weighted by atomic mass is 9.98. The molecular formula is C26H25N3O2. The van der Waals surface area contributed by atoms with Crippen LogP contribution in [0.3, 0.4) is 0 Å². The Morgan fingerprint density at radius 3 is 2.52 bits per heavy atom. The lowest BCUT2D eigenvalue weighted by Gasteiger charge is -2.09. The molecule has 4 rings (SSSR count). The quantitative estimate of drug-likeness (QED) is 0.231. The third kappa shape index (κ3) is 4.51. The van der Waals surface area contributed by atoms with E-state index in [1.165, 1.54) is 10.8 Å². The summed E-state index contributed by atoms with van der Waals surface area (Å²) in [4.78, 5) is 16.1. The van der Waals surface area contributed by atoms with Crippen LogP contribution < -0.4 is 5.73 Å². The number of hydrogen-bond donors (Lipinski definition) is 3. The molecule has 1 heterocycles. The molecular weight excluding hydrogens is 386 g/mol. The van der Waals surface area contributed by atoms with Crippen LogP contribution in [-0.2, 0) is 17.6 Å². The zero-order chi connectivity index (χ0) is 21.8. The number of aromatic amines is 1. The number of ether oxygens (including phenoxy) is 1. The number of benzene rings is 3. The molecule has 3 aromatic carbocycles. The lowest BCUT2D eigenvalue weighted by Crippen LogP contribution is -2.12. The van der Waals surface area contributed by atoms with Crippen molar-refractivity contribution in [3.05, 3.63) is 106 Å². The van der Waals surface area contributed by atoms with Gasteiger partial charge in [0.25, 0.3) is 0 Å². The zero-order valence-corrected chi connectivity index (χ0v) is 17.4. The fourth-order valence-corrected chi connectivity index (χ4v) is 3.87. The maximum Gasteiger partial charge on any atom is 0.340 e. The van der Waals surface area contributed by atoms with Crippen LogP contribution in [0.15, 0.2) is 72.9 Å². The van der Waals surface area contributed by atoms with Gasteiger partial charge in [-0.15, -0.1) is 0 Å². The molecule has 0 atom stereocenters. The molecule has 1 aromatic heterocycles. The first-order valence-corrected chi connectivity index (χ1v) is 10.3. The van der Waals surface area contributed by atoms with Gasteiger partial charge in [0.2, 0.25) is 0 Å². The van der Waals surface area contributed by atoms with E-state index in [9.17, 15) is 4.79 Å². The maximum absolute atomic E-state index is 12.8. The molecule has 0 radical (unpaired) electrons. The minimum atomic E-state index is -0.322. The summed E-state index contributed by atoms with van der Waals surface area (Å²) < 4.78 is 5.36. The van der Waals surface area contributed by atoms with Crippen LogP contribution in [0, 0.1) is 5.41 Å². The first-order chi connectivity index (χ1) is 15.0. The Balaban J connectivity index is 1.67. The van der Waals surface area contributed by atoms with E-state index in [0.717, 1.165) is 22.4 Å². The summed E-state index contributed by atoms with van der Waals surface area (Å²) in [7, 11) is 0. The summed E-state index contributed by atoms with van der Waals surface area (Å²) in [6, 6.07) is 22.1. The van der Waals surface area contributed by atoms with Gasteiger partial charge in [0.15, 0.2) is 0 Å². The van der Waals surface area contributed by atoms with Crippen molar-refractivity contribution in [2.45, 2.75) is 19.8 Å². The Morgan fingerprint density at radius 2 is 1.74 bits per heavy atom. The molecule has 0 amide bonds. The van der Waals surface area contributed by atoms with Gasteiger partial charge in [-0.05, 0) is 46.9 Å². The van der Waals surface area contributed by atoms with Crippen LogP contribution in [0.25, 0.3) is 10.8 Å². The zero-order valence-electron chi connectivity index (χ0n) is 17.4. The highest BCUT2D eigenvalue weighted by molar-refractivity contribution is 5.95. The van der Waals surface area contributed by atoms with Crippen LogP contribution >= 0.6 is 0 Å². The number of nitrogens with two attached hydrogens (primary N) is 1. The van der Waals surface area contributed by atoms with E-state index in [4.69, 9.17) is 15.9 Å². The molecule has 4 N–H and O–H groups in total. The molecule has 5 nitrogen and oxygen atoms in total. The maximum atomic E-state index is 12.8. The Hall–Kier alpha value is -3.86. The molecule has 31 heavy (non-hydrogen) atoms. The highest BCUT2D eigenvalue weighted by Crippen LogP contribution is 2.24. The number of aromatic nitrogens is 1. The van der Waals surface area contributed by atoms with Gasteiger partial charge < -0.3 is 15.5 Å². The summed E-state index contributed by atoms with van der Waals surface area (Å²) in [5, 5.41) is 10.0. The van der Waals surface area contributed by atoms with Crippen molar-refractivity contribution in [1.29, 1.82) is 5.41 Å². The number of carbonyl (C=O) groups excluding carboxylic acids is 1. The molecule has 5 heteroatoms. The van der Waals surface area contributed by atoms with Crippen molar-refractivity contribution in [2.24, 2.45) is 5.73 Å². The standard InChI is InChI=1S/C26H25N3O2/c1-2-31-26(30)24-22(14-17-6-5-9-21(13-17)25(27)28)16-29-23(24)15-18-10-11-19-7-3-4-8-20(19)12-18/h3-13,16,29H,2,14-15H2,1H3,(H3,27,28). The van der Waals surface area contributed by atoms with E-state index in [2.05, 4.69) is 35.3 Å². The summed E-state index contributed by atoms with van der Waals surface area (Å²) in [6.07, 6.45) is 3.03. The van der Waals surface area contributed by atoms with E-state index in [1.54, 1.807) is 6.07 Å². The summed E-state index contributed by atoms with van der Waals surface area (Å²) in [5.41, 5.74) is 10.7. The van der Waals surface area contributed by atoms with Gasteiger partial charge >= 0.3 is 5.97 Å². The van der Waals surface area contributed by atoms with Crippen molar-refractivity contribution >= 4 is 22.6 Å². The Labute approximate surface area is 181 Å². The highest BCUT2D eigenvalue weighted by Gasteiger charge is 2.20. The van der Waals surface area contributed by atoms with Crippen LogP contribution in [-0.4, -0.2) is 23.4 Å². The van der Waals surface area contributed by atoms with Crippen molar-refractivity contribution < 1.29 is 9.53 Å². The monoisotopic (exact) mass is 411 g/mol. The second kappa shape index (κ2) is 8.88. The average Bonchev–Trinajstić information content (AvgIpc) is 3.16. The van der Waals surface area contributed by atoms with Gasteiger partial charge in [-0.3, -0.25) is 5.41 Å². The minimum Gasteiger partial charge on any atom is -0.462 e. The molecule has 0 fully saturated rings. The molecule has 0 aliphatic carbocycles. The van der Waals surface area contributed by atoms with Crippen molar-refractivity contribution in [3.8, 4) is 0 Å². The van der Waals surface area contributed by atoms with E-state index in [1.807, 2.05) is 43.5 Å². The van der Waals surface area contributed by atoms with E-state index in [-0.39, 0.29) is 11.8 Å². The van der Waals surface area contributed by atoms with Crippen molar-refractivity contribution in [3.63, 3.8) is 0 Å². The van der Waals surface area contributed by atoms with E-state index < -0.39 is 0 Å². The topological polar surface area (TPSA) is 92.0 Å². The second-order valence-corrected chi connectivity index (χ2v) is 7.54. The molecule has 0 aliphatic heterocycles. The average molecular weight is 412 g/mol. The van der Waals surface area contributed by atoms with Gasteiger partial charge in [0, 0.05) is 23.9 Å². The molecule has 0 saturated heterocycles. The number of H-pyrrole nitrogens is 1. The molecule has 0 aliphatic rings. The summed E-state index contributed by atoms with van der Waals surface area (Å²) >= 11 is 0. The number of amidine groups is 1. The predicted octanol–water partition coefficient (Wildman–Crippen LogP) is 4.81. The lowest BCUT2D eigenvalue weighted by molar-refractivity contribution is 0.0524. The minimum absolute atomic E-state index is 0.0264. The van der Waals surface area contributed by atoms with Crippen LogP contribution in [0.4, 0.5) is 0 Å². The number of nitrogens with one attached hydrogen (secondary N) is 2. The fourth-order valence-electron chi connectivity index (χ4n) is 3.87. The van der Waals surface area contributed by atoms with E-state index >= 15 is 0 Å². The van der Waals surface area contributed by atoms with E-state index in [0.29, 0.717) is 30.6 Å². The van der Waals surface area contributed by atoms with Gasteiger partial charge in [0.1, 0.15) is 5.84 Å². The first kappa shape index (κ1) is 20.4. The molecule has 156 valence electrons. The fraction of sp³-hybridized carbons (Fsp3) is 0.154. The molecule has 0 unspecified atom stereocenters. The summed E-state index contributed by atoms with van der Waals surface area (Å²) in [6.45, 7) is 2.13. The molecule has 0 saturated carbocycles. The summed E-state index contributed by atoms with van der Waals surface area (Å²) in [5.74, 6) is -0.296. The first-order valence-electron chi connectivity index (χ1n) is 10.3. The van der Waals surface area contributed by atoms with Crippen molar-refractivity contribution in [1.82, 2.24) is 4.98 Å². The van der Waals surface area contributed by atoms with Crippen LogP contribution in [0.1, 0.15) is 45.2 Å². The predicted molar refractivity (Wildman–Crippen MR) is 124 cm³/mol. The van der Waals surface area contributed by atoms with Gasteiger partial charge in [-0.2, -0.15) is 0 Å². The third-order valence-electron chi connectivity index (χ3n) is 5.35. The number of rotatable bonds is 7. The van der Waals surface area contributed by atoms with Gasteiger partial charge in [-0.1, -0.05) is 60.7 Å². The molecule has 0 bridgehead atoms. The third-order valence-corrected chi connectivity index (χ3v) is 5.35. The Bertz CT molecular complexity index is 1260. The Morgan fingerprint density at radius 1 is 0.968 bits per heavy atom. The number of nitrogen functional groups attached to an aromatic ring is 1. The number of carbonyl (C=O) groups is 1. The number of fused-ring (bicyclic) bond motifs is 1. The largest absolute Gasteiger partial charge is 0.462 e. The SMILES string of the molecule is CCOC(=O)c1c(Cc2cccc(C(=N)N)c2)c[nH]c1Cc1ccc2ccccc2c1. The number of hydrogen-bond acceptors (Lipinski definition) is 3. The second-order valence-electron chi connectivity index (χ2n) is 7.54.